The van der Waals surface area contributed by atoms with Crippen LogP contribution in [0.1, 0.15) is 15.9 Å². The van der Waals surface area contributed by atoms with Crippen LogP contribution >= 0.6 is 0 Å². The molecule has 0 heterocycles. The van der Waals surface area contributed by atoms with Gasteiger partial charge < -0.3 is 15.1 Å². The van der Waals surface area contributed by atoms with Crippen molar-refractivity contribution >= 4 is 5.78 Å². The molecule has 0 aliphatic heterocycles. The third kappa shape index (κ3) is 6.63. The molecule has 0 unspecified atom stereocenters. The van der Waals surface area contributed by atoms with Crippen LogP contribution in [-0.4, -0.2) is 54.2 Å². The van der Waals surface area contributed by atoms with E-state index in [1.165, 1.54) is 0 Å². The average Bonchev–Trinajstić information content (AvgIpc) is 2.57. The van der Waals surface area contributed by atoms with Crippen molar-refractivity contribution in [2.24, 2.45) is 0 Å². The summed E-state index contributed by atoms with van der Waals surface area (Å²) in [5.74, 6) is 0.0752. The highest BCUT2D eigenvalue weighted by molar-refractivity contribution is 6.08. The zero-order chi connectivity index (χ0) is 16.2. The van der Waals surface area contributed by atoms with Gasteiger partial charge in [-0.25, -0.2) is 0 Å². The number of nitrogens with zero attached hydrogens (tertiary/aromatic N) is 1. The molecule has 0 bridgehead atoms. The smallest absolute Gasteiger partial charge is 0.193 e. The SMILES string of the molecule is CN(CCO)CCO.O=C(c1ccccc1)c1ccccc1. The van der Waals surface area contributed by atoms with E-state index < -0.39 is 0 Å². The van der Waals surface area contributed by atoms with Crippen molar-refractivity contribution in [1.82, 2.24) is 4.90 Å². The minimum Gasteiger partial charge on any atom is -0.395 e. The van der Waals surface area contributed by atoms with Crippen molar-refractivity contribution in [3.8, 4) is 0 Å². The molecular formula is C18H23NO3. The Morgan fingerprint density at radius 1 is 0.818 bits per heavy atom. The molecule has 0 aliphatic rings. The predicted octanol–water partition coefficient (Wildman–Crippen LogP) is 1.82. The van der Waals surface area contributed by atoms with Gasteiger partial charge in [0.25, 0.3) is 0 Å². The summed E-state index contributed by atoms with van der Waals surface area (Å²) in [6.07, 6.45) is 0. The molecule has 0 aliphatic carbocycles. The maximum atomic E-state index is 11.8. The van der Waals surface area contributed by atoms with Crippen LogP contribution in [0, 0.1) is 0 Å². The Morgan fingerprint density at radius 2 is 1.18 bits per heavy atom. The Bertz CT molecular complexity index is 481. The Morgan fingerprint density at radius 3 is 1.50 bits per heavy atom. The Hall–Kier alpha value is -2.01. The first kappa shape index (κ1) is 18.0. The summed E-state index contributed by atoms with van der Waals surface area (Å²) in [5.41, 5.74) is 1.47. The molecule has 118 valence electrons. The van der Waals surface area contributed by atoms with Gasteiger partial charge in [-0.1, -0.05) is 60.7 Å². The Labute approximate surface area is 131 Å². The molecule has 4 nitrogen and oxygen atoms in total. The van der Waals surface area contributed by atoms with E-state index in [4.69, 9.17) is 10.2 Å². The molecule has 0 saturated carbocycles. The predicted molar refractivity (Wildman–Crippen MR) is 88.0 cm³/mol. The number of ketones is 1. The maximum absolute atomic E-state index is 11.8. The second-order valence-electron chi connectivity index (χ2n) is 4.81. The van der Waals surface area contributed by atoms with Gasteiger partial charge in [0.1, 0.15) is 0 Å². The first-order chi connectivity index (χ1) is 10.7. The molecule has 0 saturated heterocycles. The van der Waals surface area contributed by atoms with Gasteiger partial charge in [0.2, 0.25) is 0 Å². The van der Waals surface area contributed by atoms with E-state index in [2.05, 4.69) is 0 Å². The molecule has 2 aromatic carbocycles. The number of benzene rings is 2. The molecule has 2 N–H and O–H groups in total. The summed E-state index contributed by atoms with van der Waals surface area (Å²) in [5, 5.41) is 16.7. The van der Waals surface area contributed by atoms with Crippen molar-refractivity contribution < 1.29 is 15.0 Å². The molecule has 2 rings (SSSR count). The van der Waals surface area contributed by atoms with Crippen LogP contribution in [0.4, 0.5) is 0 Å². The maximum Gasteiger partial charge on any atom is 0.193 e. The zero-order valence-corrected chi connectivity index (χ0v) is 12.9. The minimum absolute atomic E-state index is 0.0752. The van der Waals surface area contributed by atoms with E-state index in [9.17, 15) is 4.79 Å². The van der Waals surface area contributed by atoms with Gasteiger partial charge in [-0.05, 0) is 7.05 Å². The third-order valence-corrected chi connectivity index (χ3v) is 3.04. The number of carbonyl (C=O) groups is 1. The highest BCUT2D eigenvalue weighted by Crippen LogP contribution is 2.08. The molecule has 0 spiro atoms. The van der Waals surface area contributed by atoms with E-state index in [1.54, 1.807) is 0 Å². The number of rotatable bonds is 6. The lowest BCUT2D eigenvalue weighted by Gasteiger charge is -2.11. The van der Waals surface area contributed by atoms with Gasteiger partial charge >= 0.3 is 0 Å². The van der Waals surface area contributed by atoms with E-state index in [1.807, 2.05) is 72.6 Å². The van der Waals surface area contributed by atoms with Crippen molar-refractivity contribution in [3.63, 3.8) is 0 Å². The normalized spacial score (nSPS) is 10.0. The summed E-state index contributed by atoms with van der Waals surface area (Å²) in [6.45, 7) is 1.61. The second-order valence-corrected chi connectivity index (χ2v) is 4.81. The molecule has 2 aromatic rings. The second kappa shape index (κ2) is 10.7. The van der Waals surface area contributed by atoms with Crippen LogP contribution in [0.15, 0.2) is 60.7 Å². The first-order valence-corrected chi connectivity index (χ1v) is 7.24. The molecule has 4 heteroatoms. The lowest BCUT2D eigenvalue weighted by Crippen LogP contribution is -2.25. The standard InChI is InChI=1S/C13H10O.C5H13NO2/c14-13(11-7-3-1-4-8-11)12-9-5-2-6-10-12;1-6(2-4-7)3-5-8/h1-10H;7-8H,2-5H2,1H3. The van der Waals surface area contributed by atoms with Crippen molar-refractivity contribution in [2.75, 3.05) is 33.4 Å². The summed E-state index contributed by atoms with van der Waals surface area (Å²) in [6, 6.07) is 18.6. The van der Waals surface area contributed by atoms with Crippen LogP contribution in [-0.2, 0) is 0 Å². The van der Waals surface area contributed by atoms with Crippen LogP contribution in [0.5, 0.6) is 0 Å². The van der Waals surface area contributed by atoms with Gasteiger partial charge in [0, 0.05) is 24.2 Å². The summed E-state index contributed by atoms with van der Waals surface area (Å²) < 4.78 is 0. The van der Waals surface area contributed by atoms with Crippen LogP contribution < -0.4 is 0 Å². The van der Waals surface area contributed by atoms with Crippen molar-refractivity contribution in [1.29, 1.82) is 0 Å². The minimum atomic E-state index is 0.0752. The molecule has 0 aromatic heterocycles. The Balaban J connectivity index is 0.000000261. The monoisotopic (exact) mass is 301 g/mol. The fraction of sp³-hybridized carbons (Fsp3) is 0.278. The van der Waals surface area contributed by atoms with Crippen molar-refractivity contribution in [2.45, 2.75) is 0 Å². The lowest BCUT2D eigenvalue weighted by molar-refractivity contribution is 0.103. The quantitative estimate of drug-likeness (QED) is 0.799. The van der Waals surface area contributed by atoms with Gasteiger partial charge in [0.05, 0.1) is 13.2 Å². The molecule has 0 fully saturated rings. The summed E-state index contributed by atoms with van der Waals surface area (Å²) in [7, 11) is 1.85. The molecule has 0 amide bonds. The molecule has 0 radical (unpaired) electrons. The first-order valence-electron chi connectivity index (χ1n) is 7.24. The van der Waals surface area contributed by atoms with Gasteiger partial charge in [-0.15, -0.1) is 0 Å². The number of aliphatic hydroxyl groups excluding tert-OH is 2. The zero-order valence-electron chi connectivity index (χ0n) is 12.9. The van der Waals surface area contributed by atoms with Crippen molar-refractivity contribution in [3.05, 3.63) is 71.8 Å². The van der Waals surface area contributed by atoms with Crippen LogP contribution in [0.2, 0.25) is 0 Å². The molecule has 22 heavy (non-hydrogen) atoms. The lowest BCUT2D eigenvalue weighted by atomic mass is 10.0. The number of carbonyl (C=O) groups excluding carboxylic acids is 1. The van der Waals surface area contributed by atoms with E-state index in [-0.39, 0.29) is 19.0 Å². The number of likely N-dealkylation sites (N-methyl/N-ethyl adjacent to an activating group) is 1. The van der Waals surface area contributed by atoms with Crippen LogP contribution in [0.3, 0.4) is 0 Å². The van der Waals surface area contributed by atoms with Gasteiger partial charge in [-0.3, -0.25) is 4.79 Å². The number of hydrogen-bond acceptors (Lipinski definition) is 4. The highest BCUT2D eigenvalue weighted by Gasteiger charge is 2.06. The summed E-state index contributed by atoms with van der Waals surface area (Å²) in [4.78, 5) is 13.7. The third-order valence-electron chi connectivity index (χ3n) is 3.04. The number of hydrogen-bond donors (Lipinski definition) is 2. The fourth-order valence-corrected chi connectivity index (χ4v) is 1.80. The van der Waals surface area contributed by atoms with Gasteiger partial charge in [0.15, 0.2) is 5.78 Å². The largest absolute Gasteiger partial charge is 0.395 e. The fourth-order valence-electron chi connectivity index (χ4n) is 1.80. The van der Waals surface area contributed by atoms with E-state index >= 15 is 0 Å². The average molecular weight is 301 g/mol. The summed E-state index contributed by atoms with van der Waals surface area (Å²) >= 11 is 0. The highest BCUT2D eigenvalue weighted by atomic mass is 16.3. The topological polar surface area (TPSA) is 60.8 Å². The van der Waals surface area contributed by atoms with Gasteiger partial charge in [-0.2, -0.15) is 0 Å². The van der Waals surface area contributed by atoms with E-state index in [0.717, 1.165) is 11.1 Å². The van der Waals surface area contributed by atoms with E-state index in [0.29, 0.717) is 13.1 Å². The number of aliphatic hydroxyl groups is 2. The van der Waals surface area contributed by atoms with Crippen LogP contribution in [0.25, 0.3) is 0 Å². The Kier molecular flexibility index (Phi) is 8.76. The molecular weight excluding hydrogens is 278 g/mol. The molecule has 0 atom stereocenters.